The molecule has 1 saturated carbocycles. The van der Waals surface area contributed by atoms with Crippen molar-refractivity contribution in [1.82, 2.24) is 24.6 Å². The Morgan fingerprint density at radius 3 is 2.79 bits per heavy atom. The normalized spacial score (nSPS) is 22.3. The van der Waals surface area contributed by atoms with E-state index in [4.69, 9.17) is 0 Å². The number of hydrogen-bond donors (Lipinski definition) is 1. The molecule has 7 nitrogen and oxygen atoms in total. The summed E-state index contributed by atoms with van der Waals surface area (Å²) in [7, 11) is 0. The third-order valence-electron chi connectivity index (χ3n) is 5.92. The molecule has 1 fully saturated rings. The van der Waals surface area contributed by atoms with Crippen molar-refractivity contribution in [1.29, 1.82) is 0 Å². The molecule has 7 heteroatoms. The van der Waals surface area contributed by atoms with Crippen molar-refractivity contribution < 1.29 is 4.79 Å². The Hall–Kier alpha value is -2.96. The molecule has 0 radical (unpaired) electrons. The van der Waals surface area contributed by atoms with Gasteiger partial charge < -0.3 is 5.32 Å². The molecule has 0 unspecified atom stereocenters. The van der Waals surface area contributed by atoms with Gasteiger partial charge in [0.15, 0.2) is 5.65 Å². The van der Waals surface area contributed by atoms with E-state index in [0.29, 0.717) is 22.9 Å². The molecule has 0 aliphatic heterocycles. The minimum absolute atomic E-state index is 0.0319. The van der Waals surface area contributed by atoms with Crippen molar-refractivity contribution in [3.05, 3.63) is 53.2 Å². The first kappa shape index (κ1) is 18.4. The summed E-state index contributed by atoms with van der Waals surface area (Å²) < 4.78 is 2.98. The minimum Gasteiger partial charge on any atom is -0.352 e. The molecular weight excluding hydrogens is 354 g/mol. The minimum atomic E-state index is -0.257. The van der Waals surface area contributed by atoms with Crippen LogP contribution in [0.3, 0.4) is 0 Å². The van der Waals surface area contributed by atoms with Crippen LogP contribution >= 0.6 is 0 Å². The first-order valence-corrected chi connectivity index (χ1v) is 9.82. The lowest BCUT2D eigenvalue weighted by molar-refractivity contribution is -0.123. The van der Waals surface area contributed by atoms with Crippen LogP contribution in [0.4, 0.5) is 0 Å². The Morgan fingerprint density at radius 1 is 1.21 bits per heavy atom. The first-order valence-electron chi connectivity index (χ1n) is 9.82. The van der Waals surface area contributed by atoms with Crippen LogP contribution in [0.1, 0.15) is 33.1 Å². The van der Waals surface area contributed by atoms with Gasteiger partial charge in [-0.15, -0.1) is 0 Å². The van der Waals surface area contributed by atoms with Gasteiger partial charge in [-0.25, -0.2) is 9.67 Å². The Kier molecular flexibility index (Phi) is 4.98. The van der Waals surface area contributed by atoms with Gasteiger partial charge in [-0.3, -0.25) is 14.2 Å². The lowest BCUT2D eigenvalue weighted by atomic mass is 9.78. The van der Waals surface area contributed by atoms with E-state index in [1.807, 2.05) is 30.3 Å². The summed E-state index contributed by atoms with van der Waals surface area (Å²) in [5, 5.41) is 7.81. The van der Waals surface area contributed by atoms with Gasteiger partial charge in [0.1, 0.15) is 18.3 Å². The number of amides is 1. The maximum absolute atomic E-state index is 12.8. The van der Waals surface area contributed by atoms with Crippen LogP contribution in [0.5, 0.6) is 0 Å². The lowest BCUT2D eigenvalue weighted by Crippen LogP contribution is -2.45. The van der Waals surface area contributed by atoms with Crippen molar-refractivity contribution in [2.75, 3.05) is 0 Å². The van der Waals surface area contributed by atoms with Gasteiger partial charge >= 0.3 is 0 Å². The van der Waals surface area contributed by atoms with Crippen LogP contribution in [0.2, 0.25) is 0 Å². The average molecular weight is 379 g/mol. The van der Waals surface area contributed by atoms with Crippen LogP contribution < -0.4 is 10.9 Å². The molecule has 4 rings (SSSR count). The zero-order chi connectivity index (χ0) is 19.7. The summed E-state index contributed by atoms with van der Waals surface area (Å²) in [6.45, 7) is 4.39. The van der Waals surface area contributed by atoms with E-state index in [9.17, 15) is 9.59 Å². The second kappa shape index (κ2) is 7.58. The molecule has 1 aliphatic carbocycles. The topological polar surface area (TPSA) is 81.8 Å². The van der Waals surface area contributed by atoms with E-state index in [2.05, 4.69) is 29.2 Å². The number of nitrogens with zero attached hydrogens (tertiary/aromatic N) is 4. The largest absolute Gasteiger partial charge is 0.352 e. The maximum Gasteiger partial charge on any atom is 0.264 e. The molecule has 146 valence electrons. The number of rotatable bonds is 4. The summed E-state index contributed by atoms with van der Waals surface area (Å²) in [5.41, 5.74) is 1.07. The van der Waals surface area contributed by atoms with Crippen LogP contribution in [0.25, 0.3) is 16.7 Å². The van der Waals surface area contributed by atoms with Crippen LogP contribution in [0, 0.1) is 11.8 Å². The monoisotopic (exact) mass is 379 g/mol. The second-order valence-corrected chi connectivity index (χ2v) is 7.75. The highest BCUT2D eigenvalue weighted by Crippen LogP contribution is 2.29. The second-order valence-electron chi connectivity index (χ2n) is 7.75. The zero-order valence-corrected chi connectivity index (χ0v) is 16.2. The molecule has 1 aliphatic rings. The molecule has 1 aromatic carbocycles. The molecule has 1 N–H and O–H groups in total. The van der Waals surface area contributed by atoms with Crippen molar-refractivity contribution in [3.8, 4) is 5.69 Å². The molecule has 2 aromatic heterocycles. The lowest BCUT2D eigenvalue weighted by Gasteiger charge is -2.34. The summed E-state index contributed by atoms with van der Waals surface area (Å²) in [4.78, 5) is 29.7. The van der Waals surface area contributed by atoms with Gasteiger partial charge in [0.2, 0.25) is 5.91 Å². The highest BCUT2D eigenvalue weighted by Gasteiger charge is 2.28. The number of nitrogens with one attached hydrogen (secondary N) is 1. The molecule has 0 saturated heterocycles. The number of carbonyl (C=O) groups excluding carboxylic acids is 1. The number of para-hydroxylation sites is 1. The van der Waals surface area contributed by atoms with Gasteiger partial charge in [0.25, 0.3) is 5.56 Å². The number of aromatic nitrogens is 4. The van der Waals surface area contributed by atoms with E-state index < -0.39 is 0 Å². The third kappa shape index (κ3) is 3.44. The molecule has 28 heavy (non-hydrogen) atoms. The fraction of sp³-hybridized carbons (Fsp3) is 0.429. The molecule has 3 atom stereocenters. The quantitative estimate of drug-likeness (QED) is 0.755. The Morgan fingerprint density at radius 2 is 2.00 bits per heavy atom. The van der Waals surface area contributed by atoms with Gasteiger partial charge in [-0.05, 0) is 30.4 Å². The number of hydrogen-bond acceptors (Lipinski definition) is 4. The number of fused-ring (bicyclic) bond motifs is 1. The predicted molar refractivity (Wildman–Crippen MR) is 107 cm³/mol. The zero-order valence-electron chi connectivity index (χ0n) is 16.2. The summed E-state index contributed by atoms with van der Waals surface area (Å²) in [6, 6.07) is 9.70. The van der Waals surface area contributed by atoms with Gasteiger partial charge in [-0.2, -0.15) is 5.10 Å². The van der Waals surface area contributed by atoms with Crippen LogP contribution in [-0.4, -0.2) is 31.3 Å². The third-order valence-corrected chi connectivity index (χ3v) is 5.92. The highest BCUT2D eigenvalue weighted by molar-refractivity contribution is 5.78. The van der Waals surface area contributed by atoms with E-state index in [1.165, 1.54) is 23.5 Å². The van der Waals surface area contributed by atoms with Crippen molar-refractivity contribution in [2.45, 2.75) is 45.7 Å². The maximum atomic E-state index is 12.8. The fourth-order valence-corrected chi connectivity index (χ4v) is 4.01. The molecule has 3 aromatic rings. The highest BCUT2D eigenvalue weighted by atomic mass is 16.2. The summed E-state index contributed by atoms with van der Waals surface area (Å²) in [5.74, 6) is 0.896. The van der Waals surface area contributed by atoms with E-state index in [1.54, 1.807) is 4.68 Å². The van der Waals surface area contributed by atoms with E-state index >= 15 is 0 Å². The smallest absolute Gasteiger partial charge is 0.264 e. The number of benzene rings is 1. The van der Waals surface area contributed by atoms with Crippen molar-refractivity contribution in [3.63, 3.8) is 0 Å². The van der Waals surface area contributed by atoms with Gasteiger partial charge in [-0.1, -0.05) is 44.9 Å². The SMILES string of the molecule is C[C@@H]1[C@H](C)CCC[C@H]1NC(=O)Cn1cnc2c(cnn2-c2ccccc2)c1=O. The van der Waals surface area contributed by atoms with Crippen LogP contribution in [-0.2, 0) is 11.3 Å². The molecule has 0 bridgehead atoms. The summed E-state index contributed by atoms with van der Waals surface area (Å²) in [6.07, 6.45) is 6.27. The van der Waals surface area contributed by atoms with Crippen molar-refractivity contribution in [2.24, 2.45) is 11.8 Å². The standard InChI is InChI=1S/C21H25N5O2/c1-14-7-6-10-18(15(14)2)24-19(27)12-25-13-22-20-17(21(25)28)11-23-26(20)16-8-4-3-5-9-16/h3-5,8-9,11,13-15,18H,6-7,10,12H2,1-2H3,(H,24,27)/t14-,15-,18-/m1/s1. The molecule has 1 amide bonds. The van der Waals surface area contributed by atoms with Crippen molar-refractivity contribution >= 4 is 16.9 Å². The molecule has 2 heterocycles. The predicted octanol–water partition coefficient (Wildman–Crippen LogP) is 2.52. The molecular formula is C21H25N5O2. The van der Waals surface area contributed by atoms with Gasteiger partial charge in [0, 0.05) is 6.04 Å². The Labute approximate surface area is 163 Å². The summed E-state index contributed by atoms with van der Waals surface area (Å²) >= 11 is 0. The van der Waals surface area contributed by atoms with Crippen LogP contribution in [0.15, 0.2) is 47.7 Å². The number of carbonyl (C=O) groups is 1. The van der Waals surface area contributed by atoms with E-state index in [-0.39, 0.29) is 24.1 Å². The van der Waals surface area contributed by atoms with Gasteiger partial charge in [0.05, 0.1) is 11.9 Å². The fourth-order valence-electron chi connectivity index (χ4n) is 4.01. The molecule has 0 spiro atoms. The van der Waals surface area contributed by atoms with E-state index in [0.717, 1.165) is 18.5 Å². The Bertz CT molecular complexity index is 1040. The Balaban J connectivity index is 1.54. The average Bonchev–Trinajstić information content (AvgIpc) is 3.13. The first-order chi connectivity index (χ1) is 13.5.